The van der Waals surface area contributed by atoms with E-state index in [9.17, 15) is 9.59 Å². The third kappa shape index (κ3) is 2.97. The highest BCUT2D eigenvalue weighted by atomic mass is 35.5. The minimum absolute atomic E-state index is 0.146. The first-order valence-corrected chi connectivity index (χ1v) is 6.47. The third-order valence-corrected chi connectivity index (χ3v) is 3.39. The van der Waals surface area contributed by atoms with Gasteiger partial charge in [0.15, 0.2) is 0 Å². The first-order chi connectivity index (χ1) is 8.58. The van der Waals surface area contributed by atoms with E-state index in [4.69, 9.17) is 11.6 Å². The molecule has 1 heterocycles. The monoisotopic (exact) mass is 284 g/mol. The largest absolute Gasteiger partial charge is 0.354 e. The topological polar surface area (TPSA) is 58.2 Å². The normalized spacial score (nSPS) is 19.2. The maximum absolute atomic E-state index is 12.0. The van der Waals surface area contributed by atoms with Crippen LogP contribution in [0.15, 0.2) is 23.1 Å². The molecule has 0 spiro atoms. The van der Waals surface area contributed by atoms with Gasteiger partial charge in [-0.3, -0.25) is 9.59 Å². The van der Waals surface area contributed by atoms with Crippen molar-refractivity contribution in [2.24, 2.45) is 0 Å². The molecule has 1 aromatic rings. The molecule has 2 rings (SSSR count). The SMILES string of the molecule is O=C(NC1CCCNC1=O)c1cc(S)ccc1Cl. The molecule has 1 aromatic carbocycles. The van der Waals surface area contributed by atoms with Crippen LogP contribution < -0.4 is 10.6 Å². The van der Waals surface area contributed by atoms with Gasteiger partial charge in [0, 0.05) is 11.4 Å². The molecule has 1 aliphatic heterocycles. The molecule has 6 heteroatoms. The number of benzene rings is 1. The lowest BCUT2D eigenvalue weighted by molar-refractivity contribution is -0.124. The number of amides is 2. The summed E-state index contributed by atoms with van der Waals surface area (Å²) in [6.45, 7) is 0.665. The predicted octanol–water partition coefficient (Wildman–Crippen LogP) is 1.64. The number of hydrogen-bond acceptors (Lipinski definition) is 3. The van der Waals surface area contributed by atoms with Gasteiger partial charge in [0.2, 0.25) is 5.91 Å². The number of carbonyl (C=O) groups is 2. The van der Waals surface area contributed by atoms with Crippen LogP contribution in [0.1, 0.15) is 23.2 Å². The summed E-state index contributed by atoms with van der Waals surface area (Å²) in [7, 11) is 0. The number of rotatable bonds is 2. The number of halogens is 1. The maximum Gasteiger partial charge on any atom is 0.253 e. The Hall–Kier alpha value is -1.20. The molecule has 1 aliphatic rings. The molecule has 1 saturated heterocycles. The Morgan fingerprint density at radius 3 is 3.00 bits per heavy atom. The predicted molar refractivity (Wildman–Crippen MR) is 72.2 cm³/mol. The standard InChI is InChI=1S/C12H13ClN2O2S/c13-9-4-3-7(18)6-8(9)11(16)15-10-2-1-5-14-12(10)17/h3-4,6,10,18H,1-2,5H2,(H,14,17)(H,15,16). The molecule has 0 aliphatic carbocycles. The molecule has 1 atom stereocenters. The number of piperidine rings is 1. The van der Waals surface area contributed by atoms with Gasteiger partial charge in [-0.15, -0.1) is 12.6 Å². The minimum Gasteiger partial charge on any atom is -0.354 e. The average molecular weight is 285 g/mol. The molecular weight excluding hydrogens is 272 g/mol. The van der Waals surface area contributed by atoms with Crippen molar-refractivity contribution in [1.29, 1.82) is 0 Å². The quantitative estimate of drug-likeness (QED) is 0.723. The number of carbonyl (C=O) groups excluding carboxylic acids is 2. The van der Waals surface area contributed by atoms with Gasteiger partial charge >= 0.3 is 0 Å². The zero-order valence-electron chi connectivity index (χ0n) is 9.57. The molecular formula is C12H13ClN2O2S. The molecule has 18 heavy (non-hydrogen) atoms. The summed E-state index contributed by atoms with van der Waals surface area (Å²) in [4.78, 5) is 24.2. The van der Waals surface area contributed by atoms with Crippen LogP contribution in [-0.4, -0.2) is 24.4 Å². The van der Waals surface area contributed by atoms with Gasteiger partial charge in [-0.05, 0) is 31.0 Å². The summed E-state index contributed by atoms with van der Waals surface area (Å²) in [5.74, 6) is -0.495. The first-order valence-electron chi connectivity index (χ1n) is 5.65. The Bertz CT molecular complexity index is 493. The van der Waals surface area contributed by atoms with E-state index in [-0.39, 0.29) is 11.8 Å². The van der Waals surface area contributed by atoms with Crippen molar-refractivity contribution < 1.29 is 9.59 Å². The van der Waals surface area contributed by atoms with Crippen LogP contribution in [0.25, 0.3) is 0 Å². The molecule has 1 fully saturated rings. The molecule has 1 unspecified atom stereocenters. The minimum atomic E-state index is -0.481. The molecule has 0 bridgehead atoms. The van der Waals surface area contributed by atoms with E-state index in [1.165, 1.54) is 0 Å². The van der Waals surface area contributed by atoms with Gasteiger partial charge in [-0.25, -0.2) is 0 Å². The fourth-order valence-corrected chi connectivity index (χ4v) is 2.24. The van der Waals surface area contributed by atoms with Crippen LogP contribution >= 0.6 is 24.2 Å². The highest BCUT2D eigenvalue weighted by molar-refractivity contribution is 7.80. The zero-order valence-corrected chi connectivity index (χ0v) is 11.2. The van der Waals surface area contributed by atoms with Crippen molar-refractivity contribution in [3.8, 4) is 0 Å². The smallest absolute Gasteiger partial charge is 0.253 e. The fourth-order valence-electron chi connectivity index (χ4n) is 1.83. The zero-order chi connectivity index (χ0) is 13.1. The Kier molecular flexibility index (Phi) is 4.14. The Morgan fingerprint density at radius 1 is 1.50 bits per heavy atom. The molecule has 0 saturated carbocycles. The van der Waals surface area contributed by atoms with Gasteiger partial charge in [-0.2, -0.15) is 0 Å². The van der Waals surface area contributed by atoms with E-state index in [2.05, 4.69) is 23.3 Å². The highest BCUT2D eigenvalue weighted by Crippen LogP contribution is 2.20. The van der Waals surface area contributed by atoms with E-state index in [1.807, 2.05) is 0 Å². The lowest BCUT2D eigenvalue weighted by atomic mass is 10.1. The molecule has 2 N–H and O–H groups in total. The van der Waals surface area contributed by atoms with Crippen molar-refractivity contribution >= 4 is 36.0 Å². The summed E-state index contributed by atoms with van der Waals surface area (Å²) >= 11 is 10.1. The fraction of sp³-hybridized carbons (Fsp3) is 0.333. The second-order valence-electron chi connectivity index (χ2n) is 4.12. The van der Waals surface area contributed by atoms with Crippen LogP contribution in [0, 0.1) is 0 Å². The summed E-state index contributed by atoms with van der Waals surface area (Å²) in [6, 6.07) is 4.42. The summed E-state index contributed by atoms with van der Waals surface area (Å²) in [5, 5.41) is 5.75. The summed E-state index contributed by atoms with van der Waals surface area (Å²) < 4.78 is 0. The molecule has 96 valence electrons. The Morgan fingerprint density at radius 2 is 2.28 bits per heavy atom. The average Bonchev–Trinajstić information content (AvgIpc) is 2.35. The second-order valence-corrected chi connectivity index (χ2v) is 5.05. The maximum atomic E-state index is 12.0. The molecule has 0 aromatic heterocycles. The van der Waals surface area contributed by atoms with Crippen molar-refractivity contribution in [1.82, 2.24) is 10.6 Å². The van der Waals surface area contributed by atoms with Gasteiger partial charge < -0.3 is 10.6 Å². The van der Waals surface area contributed by atoms with Gasteiger partial charge in [0.25, 0.3) is 5.91 Å². The summed E-state index contributed by atoms with van der Waals surface area (Å²) in [5.41, 5.74) is 0.336. The number of nitrogens with one attached hydrogen (secondary N) is 2. The summed E-state index contributed by atoms with van der Waals surface area (Å²) in [6.07, 6.45) is 1.51. The van der Waals surface area contributed by atoms with Crippen LogP contribution in [0.2, 0.25) is 5.02 Å². The van der Waals surface area contributed by atoms with Crippen LogP contribution in [0.3, 0.4) is 0 Å². The van der Waals surface area contributed by atoms with Crippen molar-refractivity contribution in [3.05, 3.63) is 28.8 Å². The van der Waals surface area contributed by atoms with Crippen molar-refractivity contribution in [2.45, 2.75) is 23.8 Å². The van der Waals surface area contributed by atoms with E-state index < -0.39 is 6.04 Å². The number of hydrogen-bond donors (Lipinski definition) is 3. The first kappa shape index (κ1) is 13.2. The lowest BCUT2D eigenvalue weighted by Crippen LogP contribution is -2.50. The molecule has 2 amide bonds. The third-order valence-electron chi connectivity index (χ3n) is 2.79. The Balaban J connectivity index is 2.11. The van der Waals surface area contributed by atoms with Crippen molar-refractivity contribution in [2.75, 3.05) is 6.54 Å². The van der Waals surface area contributed by atoms with Gasteiger partial charge in [0.1, 0.15) is 6.04 Å². The molecule has 0 radical (unpaired) electrons. The van der Waals surface area contributed by atoms with Gasteiger partial charge in [0.05, 0.1) is 10.6 Å². The van der Waals surface area contributed by atoms with Crippen LogP contribution in [0.4, 0.5) is 0 Å². The van der Waals surface area contributed by atoms with Crippen LogP contribution in [-0.2, 0) is 4.79 Å². The van der Waals surface area contributed by atoms with E-state index in [1.54, 1.807) is 18.2 Å². The van der Waals surface area contributed by atoms with Crippen LogP contribution in [0.5, 0.6) is 0 Å². The molecule has 4 nitrogen and oxygen atoms in total. The van der Waals surface area contributed by atoms with Gasteiger partial charge in [-0.1, -0.05) is 11.6 Å². The van der Waals surface area contributed by atoms with E-state index in [0.717, 1.165) is 6.42 Å². The highest BCUT2D eigenvalue weighted by Gasteiger charge is 2.24. The van der Waals surface area contributed by atoms with Crippen molar-refractivity contribution in [3.63, 3.8) is 0 Å². The lowest BCUT2D eigenvalue weighted by Gasteiger charge is -2.22. The Labute approximate surface area is 115 Å². The van der Waals surface area contributed by atoms with E-state index >= 15 is 0 Å². The second kappa shape index (κ2) is 5.63. The number of thiol groups is 1. The van der Waals surface area contributed by atoms with E-state index in [0.29, 0.717) is 28.4 Å².